The van der Waals surface area contributed by atoms with Gasteiger partial charge in [0.1, 0.15) is 5.82 Å². The molecule has 1 unspecified atom stereocenters. The van der Waals surface area contributed by atoms with Crippen LogP contribution < -0.4 is 5.32 Å². The number of sulfonamides is 1. The normalized spacial score (nSPS) is 19.0. The minimum Gasteiger partial charge on any atom is -0.337 e. The van der Waals surface area contributed by atoms with Crippen LogP contribution in [-0.2, 0) is 17.1 Å². The number of imidazole rings is 1. The van der Waals surface area contributed by atoms with Gasteiger partial charge in [-0.15, -0.1) is 0 Å². The molecule has 0 bridgehead atoms. The second-order valence-corrected chi connectivity index (χ2v) is 7.82. The molecule has 1 fully saturated rings. The molecule has 1 aliphatic rings. The highest BCUT2D eigenvalue weighted by molar-refractivity contribution is 7.89. The van der Waals surface area contributed by atoms with Crippen LogP contribution in [0.2, 0.25) is 0 Å². The molecule has 2 aromatic rings. The average Bonchev–Trinajstić information content (AvgIpc) is 3.00. The Bertz CT molecular complexity index is 908. The van der Waals surface area contributed by atoms with E-state index in [0.717, 1.165) is 0 Å². The fraction of sp³-hybridized carbons (Fsp3) is 0.400. The highest BCUT2D eigenvalue weighted by atomic mass is 32.2. The molecule has 1 N–H and O–H groups in total. The number of nitro groups is 1. The Morgan fingerprint density at radius 2 is 2.16 bits per heavy atom. The lowest BCUT2D eigenvalue weighted by Crippen LogP contribution is -2.49. The summed E-state index contributed by atoms with van der Waals surface area (Å²) in [5.41, 5.74) is 0.226. The number of nitro benzene ring substituents is 1. The van der Waals surface area contributed by atoms with Gasteiger partial charge in [0.15, 0.2) is 4.90 Å². The molecule has 1 aromatic heterocycles. The number of nitrogens with one attached hydrogen (secondary N) is 1. The van der Waals surface area contributed by atoms with E-state index in [1.165, 1.54) is 16.4 Å². The zero-order valence-corrected chi connectivity index (χ0v) is 14.7. The van der Waals surface area contributed by atoms with E-state index in [9.17, 15) is 18.5 Å². The molecule has 1 saturated heterocycles. The number of rotatable bonds is 4. The number of aromatic nitrogens is 2. The maximum absolute atomic E-state index is 13.2. The first kappa shape index (κ1) is 17.5. The van der Waals surface area contributed by atoms with Gasteiger partial charge in [-0.1, -0.05) is 6.07 Å². The van der Waals surface area contributed by atoms with Crippen molar-refractivity contribution in [2.45, 2.75) is 17.9 Å². The van der Waals surface area contributed by atoms with E-state index in [4.69, 9.17) is 0 Å². The molecule has 0 aliphatic carbocycles. The molecule has 1 aliphatic heterocycles. The van der Waals surface area contributed by atoms with Crippen molar-refractivity contribution in [2.75, 3.05) is 19.6 Å². The standard InChI is InChI=1S/C15H19N5O4S/c1-11-3-4-14(12(9-11)20(21)22)25(23,24)19-8-5-16-10-13(19)15-17-6-7-18(15)2/h3-4,6-7,9,13,16H,5,8,10H2,1-2H3. The topological polar surface area (TPSA) is 110 Å². The minimum atomic E-state index is -4.05. The molecule has 0 spiro atoms. The van der Waals surface area contributed by atoms with Crippen molar-refractivity contribution in [2.24, 2.45) is 7.05 Å². The summed E-state index contributed by atoms with van der Waals surface area (Å²) in [7, 11) is -2.26. The zero-order valence-electron chi connectivity index (χ0n) is 13.9. The van der Waals surface area contributed by atoms with Gasteiger partial charge in [-0.05, 0) is 18.6 Å². The van der Waals surface area contributed by atoms with Gasteiger partial charge in [0.05, 0.1) is 11.0 Å². The first-order valence-electron chi connectivity index (χ1n) is 7.77. The predicted octanol–water partition coefficient (Wildman–Crippen LogP) is 0.972. The lowest BCUT2D eigenvalue weighted by Gasteiger charge is -2.34. The van der Waals surface area contributed by atoms with Crippen molar-refractivity contribution >= 4 is 15.7 Å². The van der Waals surface area contributed by atoms with Gasteiger partial charge in [0.2, 0.25) is 0 Å². The van der Waals surface area contributed by atoms with Crippen LogP contribution in [0.5, 0.6) is 0 Å². The summed E-state index contributed by atoms with van der Waals surface area (Å²) in [5, 5.41) is 14.5. The van der Waals surface area contributed by atoms with E-state index in [-0.39, 0.29) is 11.4 Å². The third kappa shape index (κ3) is 3.15. The molecule has 0 saturated carbocycles. The molecule has 25 heavy (non-hydrogen) atoms. The highest BCUT2D eigenvalue weighted by Gasteiger charge is 2.39. The lowest BCUT2D eigenvalue weighted by atomic mass is 10.2. The summed E-state index contributed by atoms with van der Waals surface area (Å²) in [6.45, 7) is 2.76. The Morgan fingerprint density at radius 3 is 2.80 bits per heavy atom. The van der Waals surface area contributed by atoms with Crippen LogP contribution in [-0.4, -0.2) is 46.8 Å². The summed E-state index contributed by atoms with van der Waals surface area (Å²) in [4.78, 5) is 14.7. The molecule has 0 radical (unpaired) electrons. The monoisotopic (exact) mass is 365 g/mol. The van der Waals surface area contributed by atoms with Gasteiger partial charge in [0, 0.05) is 45.1 Å². The van der Waals surface area contributed by atoms with Crippen LogP contribution >= 0.6 is 0 Å². The molecular formula is C15H19N5O4S. The fourth-order valence-electron chi connectivity index (χ4n) is 3.01. The van der Waals surface area contributed by atoms with Crippen molar-refractivity contribution in [3.63, 3.8) is 0 Å². The molecule has 9 nitrogen and oxygen atoms in total. The van der Waals surface area contributed by atoms with E-state index >= 15 is 0 Å². The number of piperazine rings is 1. The Morgan fingerprint density at radius 1 is 1.40 bits per heavy atom. The van der Waals surface area contributed by atoms with Crippen LogP contribution in [0, 0.1) is 17.0 Å². The Hall–Kier alpha value is -2.30. The molecule has 0 amide bonds. The van der Waals surface area contributed by atoms with E-state index in [2.05, 4.69) is 10.3 Å². The fourth-order valence-corrected chi connectivity index (χ4v) is 4.73. The maximum atomic E-state index is 13.2. The van der Waals surface area contributed by atoms with E-state index in [1.54, 1.807) is 37.0 Å². The smallest absolute Gasteiger partial charge is 0.289 e. The Kier molecular flexibility index (Phi) is 4.58. The summed E-state index contributed by atoms with van der Waals surface area (Å²) < 4.78 is 29.4. The van der Waals surface area contributed by atoms with Gasteiger partial charge >= 0.3 is 0 Å². The van der Waals surface area contributed by atoms with E-state index in [0.29, 0.717) is 24.5 Å². The van der Waals surface area contributed by atoms with E-state index in [1.807, 2.05) is 0 Å². The van der Waals surface area contributed by atoms with Gasteiger partial charge < -0.3 is 9.88 Å². The molecule has 3 rings (SSSR count). The quantitative estimate of drug-likeness (QED) is 0.638. The van der Waals surface area contributed by atoms with Crippen LogP contribution in [0.4, 0.5) is 5.69 Å². The van der Waals surface area contributed by atoms with Crippen molar-refractivity contribution in [3.8, 4) is 0 Å². The third-order valence-electron chi connectivity index (χ3n) is 4.25. The van der Waals surface area contributed by atoms with Crippen molar-refractivity contribution in [1.82, 2.24) is 19.2 Å². The first-order valence-corrected chi connectivity index (χ1v) is 9.21. The van der Waals surface area contributed by atoms with Crippen LogP contribution in [0.25, 0.3) is 0 Å². The number of hydrogen-bond donors (Lipinski definition) is 1. The maximum Gasteiger partial charge on any atom is 0.289 e. The predicted molar refractivity (Wildman–Crippen MR) is 90.5 cm³/mol. The summed E-state index contributed by atoms with van der Waals surface area (Å²) >= 11 is 0. The van der Waals surface area contributed by atoms with Gasteiger partial charge in [0.25, 0.3) is 15.7 Å². The second kappa shape index (κ2) is 6.54. The van der Waals surface area contributed by atoms with E-state index < -0.39 is 26.7 Å². The van der Waals surface area contributed by atoms with Crippen LogP contribution in [0.3, 0.4) is 0 Å². The van der Waals surface area contributed by atoms with Gasteiger partial charge in [-0.25, -0.2) is 13.4 Å². The third-order valence-corrected chi connectivity index (χ3v) is 6.20. The number of nitrogens with zero attached hydrogens (tertiary/aromatic N) is 4. The number of hydrogen-bond acceptors (Lipinski definition) is 6. The summed E-state index contributed by atoms with van der Waals surface area (Å²) in [5.74, 6) is 0.588. The van der Waals surface area contributed by atoms with Crippen LogP contribution in [0.15, 0.2) is 35.5 Å². The van der Waals surface area contributed by atoms with Crippen molar-refractivity contribution < 1.29 is 13.3 Å². The summed E-state index contributed by atoms with van der Waals surface area (Å²) in [6.07, 6.45) is 3.34. The van der Waals surface area contributed by atoms with Gasteiger partial charge in [-0.3, -0.25) is 10.1 Å². The minimum absolute atomic E-state index is 0.213. The highest BCUT2D eigenvalue weighted by Crippen LogP contribution is 2.32. The molecule has 10 heteroatoms. The van der Waals surface area contributed by atoms with Crippen molar-refractivity contribution in [1.29, 1.82) is 0 Å². The zero-order chi connectivity index (χ0) is 18.2. The molecule has 1 aromatic carbocycles. The number of benzene rings is 1. The lowest BCUT2D eigenvalue weighted by molar-refractivity contribution is -0.387. The van der Waals surface area contributed by atoms with Crippen molar-refractivity contribution in [3.05, 3.63) is 52.1 Å². The molecule has 2 heterocycles. The van der Waals surface area contributed by atoms with Crippen LogP contribution in [0.1, 0.15) is 17.4 Å². The molecular weight excluding hydrogens is 346 g/mol. The summed E-state index contributed by atoms with van der Waals surface area (Å²) in [6, 6.07) is 3.63. The number of aryl methyl sites for hydroxylation is 2. The average molecular weight is 365 g/mol. The SMILES string of the molecule is Cc1ccc(S(=O)(=O)N2CCNCC2c2nccn2C)c([N+](=O)[O-])c1. The van der Waals surface area contributed by atoms with Gasteiger partial charge in [-0.2, -0.15) is 4.31 Å². The Labute approximate surface area is 145 Å². The molecule has 1 atom stereocenters. The first-order chi connectivity index (χ1) is 11.8. The molecule has 134 valence electrons. The largest absolute Gasteiger partial charge is 0.337 e. The Balaban J connectivity index is 2.09. The second-order valence-electron chi connectivity index (χ2n) is 5.96.